The maximum Gasteiger partial charge on any atom is 0.265 e. The van der Waals surface area contributed by atoms with Gasteiger partial charge in [-0.2, -0.15) is 4.31 Å². The van der Waals surface area contributed by atoms with Crippen molar-refractivity contribution >= 4 is 27.5 Å². The fourth-order valence-electron chi connectivity index (χ4n) is 4.33. The minimum atomic E-state index is -3.71. The first-order valence-electron chi connectivity index (χ1n) is 10.7. The first kappa shape index (κ1) is 21.1. The van der Waals surface area contributed by atoms with Gasteiger partial charge in [0.15, 0.2) is 6.10 Å². The molecule has 2 saturated heterocycles. The van der Waals surface area contributed by atoms with E-state index in [-0.39, 0.29) is 22.6 Å². The van der Waals surface area contributed by atoms with E-state index in [2.05, 4.69) is 12.2 Å². The highest BCUT2D eigenvalue weighted by Crippen LogP contribution is 2.34. The second-order valence-electron chi connectivity index (χ2n) is 8.59. The number of sulfonamides is 1. The van der Waals surface area contributed by atoms with Gasteiger partial charge in [0.1, 0.15) is 5.75 Å². The van der Waals surface area contributed by atoms with E-state index in [1.807, 2.05) is 4.90 Å². The quantitative estimate of drug-likeness (QED) is 0.784. The van der Waals surface area contributed by atoms with Gasteiger partial charge in [0.05, 0.1) is 10.6 Å². The largest absolute Gasteiger partial charge is 0.479 e. The lowest BCUT2D eigenvalue weighted by Crippen LogP contribution is -2.46. The van der Waals surface area contributed by atoms with Crippen molar-refractivity contribution in [2.45, 2.75) is 50.5 Å². The summed E-state index contributed by atoms with van der Waals surface area (Å²) >= 11 is 0. The van der Waals surface area contributed by atoms with Crippen molar-refractivity contribution in [1.82, 2.24) is 9.21 Å². The average Bonchev–Trinajstić information content (AvgIpc) is 2.74. The average molecular weight is 436 g/mol. The van der Waals surface area contributed by atoms with Crippen LogP contribution in [0.4, 0.5) is 5.69 Å². The van der Waals surface area contributed by atoms with Crippen molar-refractivity contribution in [2.24, 2.45) is 11.8 Å². The number of nitrogens with zero attached hydrogens (tertiary/aromatic N) is 2. The molecule has 1 N–H and O–H groups in total. The summed E-state index contributed by atoms with van der Waals surface area (Å²) in [6.45, 7) is 6.10. The van der Waals surface area contributed by atoms with Gasteiger partial charge in [-0.3, -0.25) is 9.59 Å². The smallest absolute Gasteiger partial charge is 0.265 e. The molecular weight excluding hydrogens is 406 g/mol. The Labute approximate surface area is 177 Å². The second kappa shape index (κ2) is 8.19. The van der Waals surface area contributed by atoms with Crippen LogP contribution >= 0.6 is 0 Å². The highest BCUT2D eigenvalue weighted by molar-refractivity contribution is 7.89. The van der Waals surface area contributed by atoms with Crippen LogP contribution in [0.1, 0.15) is 39.5 Å². The summed E-state index contributed by atoms with van der Waals surface area (Å²) in [5, 5.41) is 2.69. The van der Waals surface area contributed by atoms with Gasteiger partial charge in [-0.25, -0.2) is 8.42 Å². The lowest BCUT2D eigenvalue weighted by atomic mass is 9.93. The fraction of sp³-hybridized carbons (Fsp3) is 0.619. The SMILES string of the molecule is CC1CCN(C(=O)C2CCN(S(=O)(=O)c3ccc4c(c3)NC(=O)C(C)O4)CC2)CC1. The number of hydrogen-bond donors (Lipinski definition) is 1. The zero-order valence-electron chi connectivity index (χ0n) is 17.5. The highest BCUT2D eigenvalue weighted by atomic mass is 32.2. The molecule has 9 heteroatoms. The van der Waals surface area contributed by atoms with E-state index < -0.39 is 16.1 Å². The molecule has 3 heterocycles. The Bertz CT molecular complexity index is 932. The molecule has 0 bridgehead atoms. The van der Waals surface area contributed by atoms with E-state index in [1.54, 1.807) is 13.0 Å². The fourth-order valence-corrected chi connectivity index (χ4v) is 5.82. The van der Waals surface area contributed by atoms with Crippen LogP contribution in [0, 0.1) is 11.8 Å². The second-order valence-corrected chi connectivity index (χ2v) is 10.5. The molecule has 164 valence electrons. The van der Waals surface area contributed by atoms with Crippen molar-refractivity contribution in [1.29, 1.82) is 0 Å². The molecule has 1 aromatic rings. The Kier molecular flexibility index (Phi) is 5.76. The van der Waals surface area contributed by atoms with Crippen LogP contribution in [0.3, 0.4) is 0 Å². The lowest BCUT2D eigenvalue weighted by molar-refractivity contribution is -0.138. The summed E-state index contributed by atoms with van der Waals surface area (Å²) in [4.78, 5) is 26.7. The Morgan fingerprint density at radius 3 is 2.40 bits per heavy atom. The number of hydrogen-bond acceptors (Lipinski definition) is 5. The predicted octanol–water partition coefficient (Wildman–Crippen LogP) is 2.07. The first-order valence-corrected chi connectivity index (χ1v) is 12.1. The third-order valence-corrected chi connectivity index (χ3v) is 8.31. The number of carbonyl (C=O) groups excluding carboxylic acids is 2. The van der Waals surface area contributed by atoms with E-state index in [1.165, 1.54) is 16.4 Å². The Morgan fingerprint density at radius 2 is 1.73 bits per heavy atom. The third-order valence-electron chi connectivity index (χ3n) is 6.42. The maximum atomic E-state index is 13.1. The third kappa shape index (κ3) is 4.05. The maximum absolute atomic E-state index is 13.1. The molecule has 1 atom stereocenters. The van der Waals surface area contributed by atoms with Crippen LogP contribution in [0.2, 0.25) is 0 Å². The van der Waals surface area contributed by atoms with Gasteiger partial charge in [0, 0.05) is 32.1 Å². The molecule has 4 rings (SSSR count). The number of ether oxygens (including phenoxy) is 1. The number of piperidine rings is 2. The summed E-state index contributed by atoms with van der Waals surface area (Å²) in [6.07, 6.45) is 2.53. The predicted molar refractivity (Wildman–Crippen MR) is 112 cm³/mol. The molecule has 3 aliphatic heterocycles. The van der Waals surface area contributed by atoms with Gasteiger partial charge in [0.2, 0.25) is 15.9 Å². The normalized spacial score (nSPS) is 24.1. The zero-order valence-corrected chi connectivity index (χ0v) is 18.3. The van der Waals surface area contributed by atoms with Crippen LogP contribution in [0.5, 0.6) is 5.75 Å². The monoisotopic (exact) mass is 435 g/mol. The molecular formula is C21H29N3O5S. The van der Waals surface area contributed by atoms with Crippen LogP contribution in [0.15, 0.2) is 23.1 Å². The molecule has 0 spiro atoms. The molecule has 0 aliphatic carbocycles. The van der Waals surface area contributed by atoms with Gasteiger partial charge in [-0.1, -0.05) is 6.92 Å². The van der Waals surface area contributed by atoms with E-state index in [0.717, 1.165) is 25.9 Å². The van der Waals surface area contributed by atoms with Crippen molar-refractivity contribution in [2.75, 3.05) is 31.5 Å². The van der Waals surface area contributed by atoms with Gasteiger partial charge in [-0.15, -0.1) is 0 Å². The molecule has 1 unspecified atom stereocenters. The number of nitrogens with one attached hydrogen (secondary N) is 1. The van der Waals surface area contributed by atoms with Crippen molar-refractivity contribution in [3.05, 3.63) is 18.2 Å². The van der Waals surface area contributed by atoms with Crippen LogP contribution < -0.4 is 10.1 Å². The lowest BCUT2D eigenvalue weighted by Gasteiger charge is -2.36. The van der Waals surface area contributed by atoms with Gasteiger partial charge in [0.25, 0.3) is 5.91 Å². The summed E-state index contributed by atoms with van der Waals surface area (Å²) in [7, 11) is -3.71. The Hall–Kier alpha value is -2.13. The molecule has 0 radical (unpaired) electrons. The Morgan fingerprint density at radius 1 is 1.07 bits per heavy atom. The minimum Gasteiger partial charge on any atom is -0.479 e. The van der Waals surface area contributed by atoms with Crippen molar-refractivity contribution in [3.63, 3.8) is 0 Å². The number of anilines is 1. The van der Waals surface area contributed by atoms with E-state index in [9.17, 15) is 18.0 Å². The number of likely N-dealkylation sites (tertiary alicyclic amines) is 1. The number of amides is 2. The Balaban J connectivity index is 1.41. The highest BCUT2D eigenvalue weighted by Gasteiger charge is 2.35. The van der Waals surface area contributed by atoms with Crippen LogP contribution in [-0.2, 0) is 19.6 Å². The van der Waals surface area contributed by atoms with Crippen LogP contribution in [0.25, 0.3) is 0 Å². The standard InChI is InChI=1S/C21H29N3O5S/c1-14-5-9-23(10-6-14)21(26)16-7-11-24(12-8-16)30(27,28)17-3-4-19-18(13-17)22-20(25)15(2)29-19/h3-4,13-16H,5-12H2,1-2H3,(H,22,25). The first-order chi connectivity index (χ1) is 14.3. The summed E-state index contributed by atoms with van der Waals surface area (Å²) in [6, 6.07) is 4.52. The van der Waals surface area contributed by atoms with Crippen molar-refractivity contribution in [3.8, 4) is 5.75 Å². The molecule has 0 saturated carbocycles. The molecule has 1 aromatic carbocycles. The molecule has 2 fully saturated rings. The van der Waals surface area contributed by atoms with Gasteiger partial charge < -0.3 is 15.0 Å². The van der Waals surface area contributed by atoms with Gasteiger partial charge in [-0.05, 0) is 56.7 Å². The number of fused-ring (bicyclic) bond motifs is 1. The number of rotatable bonds is 3. The zero-order chi connectivity index (χ0) is 21.5. The van der Waals surface area contributed by atoms with Gasteiger partial charge >= 0.3 is 0 Å². The van der Waals surface area contributed by atoms with Crippen molar-refractivity contribution < 1.29 is 22.7 Å². The summed E-state index contributed by atoms with van der Waals surface area (Å²) in [5.41, 5.74) is 0.364. The minimum absolute atomic E-state index is 0.109. The number of benzene rings is 1. The van der Waals surface area contributed by atoms with E-state index in [0.29, 0.717) is 43.3 Å². The molecule has 2 amide bonds. The summed E-state index contributed by atoms with van der Waals surface area (Å²) in [5.74, 6) is 0.880. The molecule has 3 aliphatic rings. The molecule has 8 nitrogen and oxygen atoms in total. The number of carbonyl (C=O) groups is 2. The van der Waals surface area contributed by atoms with E-state index in [4.69, 9.17) is 4.74 Å². The molecule has 30 heavy (non-hydrogen) atoms. The van der Waals surface area contributed by atoms with Crippen LogP contribution in [-0.4, -0.2) is 61.7 Å². The molecule has 0 aromatic heterocycles. The van der Waals surface area contributed by atoms with E-state index >= 15 is 0 Å². The summed E-state index contributed by atoms with van der Waals surface area (Å²) < 4.78 is 33.2. The topological polar surface area (TPSA) is 96.0 Å².